The fourth-order valence-corrected chi connectivity index (χ4v) is 6.76. The van der Waals surface area contributed by atoms with Gasteiger partial charge in [0.1, 0.15) is 0 Å². The van der Waals surface area contributed by atoms with Gasteiger partial charge in [-0.2, -0.15) is 0 Å². The average Bonchev–Trinajstić information content (AvgIpc) is 2.73. The molecule has 0 aliphatic heterocycles. The monoisotopic (exact) mass is 376 g/mol. The van der Waals surface area contributed by atoms with E-state index in [9.17, 15) is 0 Å². The van der Waals surface area contributed by atoms with Gasteiger partial charge in [-0.1, -0.05) is 85.3 Å². The molecule has 0 amide bonds. The molecule has 0 fully saturated rings. The van der Waals surface area contributed by atoms with Crippen LogP contribution in [0.2, 0.25) is 0 Å². The van der Waals surface area contributed by atoms with Crippen LogP contribution in [-0.4, -0.2) is 19.3 Å². The van der Waals surface area contributed by atoms with Crippen LogP contribution in [0.3, 0.4) is 0 Å². The van der Waals surface area contributed by atoms with E-state index in [1.54, 1.807) is 0 Å². The van der Waals surface area contributed by atoms with E-state index in [0.717, 1.165) is 31.4 Å². The van der Waals surface area contributed by atoms with Gasteiger partial charge in [0.2, 0.25) is 0 Å². The molecule has 0 aromatic heterocycles. The molecule has 0 spiro atoms. The minimum atomic E-state index is -1.92. The maximum Gasteiger partial charge on any atom is 0.0621 e. The van der Waals surface area contributed by atoms with Crippen LogP contribution < -0.4 is 15.9 Å². The number of hydrogen-bond donors (Lipinski definition) is 1. The second-order valence-corrected chi connectivity index (χ2v) is 10.1. The minimum absolute atomic E-state index is 0.973. The lowest BCUT2D eigenvalue weighted by Crippen LogP contribution is -2.26. The molecule has 3 aromatic rings. The quantitative estimate of drug-likeness (QED) is 0.409. The van der Waals surface area contributed by atoms with Crippen molar-refractivity contribution < 1.29 is 0 Å². The SMILES string of the molecule is CCCNCCP(=Nc1ccc(C)cc1)(c1ccccc1)c1ccccc1. The van der Waals surface area contributed by atoms with Gasteiger partial charge in [0, 0.05) is 19.8 Å². The zero-order valence-corrected chi connectivity index (χ0v) is 17.2. The summed E-state index contributed by atoms with van der Waals surface area (Å²) in [6, 6.07) is 30.3. The van der Waals surface area contributed by atoms with Gasteiger partial charge in [0.25, 0.3) is 0 Å². The summed E-state index contributed by atoms with van der Waals surface area (Å²) in [6.07, 6.45) is 2.17. The molecule has 140 valence electrons. The van der Waals surface area contributed by atoms with Gasteiger partial charge in [-0.3, -0.25) is 4.74 Å². The second-order valence-electron chi connectivity index (χ2n) is 6.85. The molecule has 0 heterocycles. The first-order valence-corrected chi connectivity index (χ1v) is 11.7. The van der Waals surface area contributed by atoms with Crippen molar-refractivity contribution in [2.75, 3.05) is 19.3 Å². The van der Waals surface area contributed by atoms with Crippen LogP contribution in [-0.2, 0) is 0 Å². The Balaban J connectivity index is 2.16. The standard InChI is InChI=1S/C24H29N2P/c1-3-18-25-19-20-27(23-10-6-4-7-11-23,24-12-8-5-9-13-24)26-22-16-14-21(2)15-17-22/h4-17,25H,3,18-20H2,1-2H3. The lowest BCUT2D eigenvalue weighted by atomic mass is 10.2. The van der Waals surface area contributed by atoms with Crippen LogP contribution in [0.5, 0.6) is 0 Å². The molecule has 0 saturated heterocycles. The van der Waals surface area contributed by atoms with E-state index in [2.05, 4.69) is 104 Å². The number of hydrogen-bond acceptors (Lipinski definition) is 2. The van der Waals surface area contributed by atoms with Gasteiger partial charge in [0.15, 0.2) is 0 Å². The van der Waals surface area contributed by atoms with Crippen molar-refractivity contribution >= 4 is 23.4 Å². The molecule has 1 N–H and O–H groups in total. The molecule has 2 nitrogen and oxygen atoms in total. The Kier molecular flexibility index (Phi) is 7.04. The number of nitrogens with one attached hydrogen (secondary N) is 1. The van der Waals surface area contributed by atoms with Crippen molar-refractivity contribution in [3.05, 3.63) is 90.5 Å². The van der Waals surface area contributed by atoms with E-state index < -0.39 is 7.05 Å². The molecule has 0 aliphatic rings. The van der Waals surface area contributed by atoms with Gasteiger partial charge < -0.3 is 5.32 Å². The minimum Gasteiger partial charge on any atom is -0.316 e. The van der Waals surface area contributed by atoms with Crippen molar-refractivity contribution in [1.82, 2.24) is 5.32 Å². The largest absolute Gasteiger partial charge is 0.316 e. The highest BCUT2D eigenvalue weighted by molar-refractivity contribution is 7.81. The van der Waals surface area contributed by atoms with Crippen molar-refractivity contribution in [2.45, 2.75) is 20.3 Å². The maximum absolute atomic E-state index is 5.44. The lowest BCUT2D eigenvalue weighted by Gasteiger charge is -2.26. The van der Waals surface area contributed by atoms with Gasteiger partial charge >= 0.3 is 0 Å². The third kappa shape index (κ3) is 4.97. The first-order valence-electron chi connectivity index (χ1n) is 9.74. The summed E-state index contributed by atoms with van der Waals surface area (Å²) >= 11 is 0. The Morgan fingerprint density at radius 1 is 0.741 bits per heavy atom. The number of aryl methyl sites for hydroxylation is 1. The molecular formula is C24H29N2P. The highest BCUT2D eigenvalue weighted by Crippen LogP contribution is 2.49. The first-order chi connectivity index (χ1) is 13.2. The Hall–Kier alpha value is -2.15. The van der Waals surface area contributed by atoms with Crippen LogP contribution in [0.15, 0.2) is 89.7 Å². The van der Waals surface area contributed by atoms with Crippen molar-refractivity contribution in [2.24, 2.45) is 4.74 Å². The normalized spacial score (nSPS) is 11.3. The Morgan fingerprint density at radius 3 is 1.81 bits per heavy atom. The summed E-state index contributed by atoms with van der Waals surface area (Å²) in [5.74, 6) is 0. The summed E-state index contributed by atoms with van der Waals surface area (Å²) < 4.78 is 5.44. The van der Waals surface area contributed by atoms with E-state index in [-0.39, 0.29) is 0 Å². The zero-order chi connectivity index (χ0) is 19.0. The molecule has 0 unspecified atom stereocenters. The predicted molar refractivity (Wildman–Crippen MR) is 120 cm³/mol. The van der Waals surface area contributed by atoms with Crippen LogP contribution in [0.4, 0.5) is 5.69 Å². The molecule has 0 aliphatic carbocycles. The van der Waals surface area contributed by atoms with Crippen molar-refractivity contribution in [3.63, 3.8) is 0 Å². The number of benzene rings is 3. The van der Waals surface area contributed by atoms with Crippen LogP contribution in [0.1, 0.15) is 18.9 Å². The summed E-state index contributed by atoms with van der Waals surface area (Å²) in [5.41, 5.74) is 2.33. The smallest absolute Gasteiger partial charge is 0.0621 e. The number of rotatable bonds is 8. The van der Waals surface area contributed by atoms with E-state index in [1.807, 2.05) is 0 Å². The second kappa shape index (κ2) is 9.69. The molecule has 3 aromatic carbocycles. The van der Waals surface area contributed by atoms with E-state index in [1.165, 1.54) is 16.2 Å². The Labute approximate surface area is 163 Å². The fraction of sp³-hybridized carbons (Fsp3) is 0.250. The van der Waals surface area contributed by atoms with E-state index in [4.69, 9.17) is 4.74 Å². The van der Waals surface area contributed by atoms with Gasteiger partial charge in [-0.25, -0.2) is 0 Å². The summed E-state index contributed by atoms with van der Waals surface area (Å²) in [5, 5.41) is 6.28. The lowest BCUT2D eigenvalue weighted by molar-refractivity contribution is 0.706. The molecule has 0 radical (unpaired) electrons. The van der Waals surface area contributed by atoms with Gasteiger partial charge in [-0.05, 0) is 42.6 Å². The topological polar surface area (TPSA) is 24.4 Å². The maximum atomic E-state index is 5.44. The molecule has 0 atom stereocenters. The third-order valence-corrected chi connectivity index (χ3v) is 8.47. The van der Waals surface area contributed by atoms with Crippen LogP contribution in [0, 0.1) is 6.92 Å². The fourth-order valence-electron chi connectivity index (χ4n) is 3.27. The van der Waals surface area contributed by atoms with Crippen molar-refractivity contribution in [1.29, 1.82) is 0 Å². The summed E-state index contributed by atoms with van der Waals surface area (Å²) in [4.78, 5) is 0. The molecule has 0 saturated carbocycles. The average molecular weight is 376 g/mol. The molecular weight excluding hydrogens is 347 g/mol. The number of nitrogens with zero attached hydrogens (tertiary/aromatic N) is 1. The van der Waals surface area contributed by atoms with Crippen LogP contribution >= 0.6 is 7.05 Å². The third-order valence-electron chi connectivity index (χ3n) is 4.73. The van der Waals surface area contributed by atoms with Gasteiger partial charge in [-0.15, -0.1) is 0 Å². The molecule has 3 rings (SSSR count). The first kappa shape index (κ1) is 19.6. The Morgan fingerprint density at radius 2 is 1.30 bits per heavy atom. The van der Waals surface area contributed by atoms with Gasteiger partial charge in [0.05, 0.1) is 5.69 Å². The zero-order valence-electron chi connectivity index (χ0n) is 16.3. The predicted octanol–water partition coefficient (Wildman–Crippen LogP) is 5.48. The van der Waals surface area contributed by atoms with Crippen LogP contribution in [0.25, 0.3) is 0 Å². The summed E-state index contributed by atoms with van der Waals surface area (Å²) in [6.45, 7) is 6.35. The highest BCUT2D eigenvalue weighted by atomic mass is 31.2. The molecule has 3 heteroatoms. The highest BCUT2D eigenvalue weighted by Gasteiger charge is 2.24. The molecule has 0 bridgehead atoms. The Bertz CT molecular complexity index is 828. The van der Waals surface area contributed by atoms with E-state index >= 15 is 0 Å². The summed E-state index contributed by atoms with van der Waals surface area (Å²) in [7, 11) is -1.92. The van der Waals surface area contributed by atoms with E-state index in [0.29, 0.717) is 0 Å². The molecule has 27 heavy (non-hydrogen) atoms. The van der Waals surface area contributed by atoms with Crippen molar-refractivity contribution in [3.8, 4) is 0 Å².